The molecule has 0 aliphatic carbocycles. The molecule has 8 heteroatoms. The summed E-state index contributed by atoms with van der Waals surface area (Å²) in [5, 5.41) is 10.9. The number of nitro benzene ring substituents is 1. The van der Waals surface area contributed by atoms with Gasteiger partial charge in [-0.15, -0.1) is 0 Å². The van der Waals surface area contributed by atoms with E-state index in [0.29, 0.717) is 5.76 Å². The molecule has 0 fully saturated rings. The molecule has 0 aliphatic heterocycles. The number of nitro groups is 1. The Morgan fingerprint density at radius 1 is 1.38 bits per heavy atom. The predicted octanol–water partition coefficient (Wildman–Crippen LogP) is 3.21. The number of methoxy groups -OCH3 is 1. The molecule has 2 rings (SSSR count). The molecule has 0 spiro atoms. The lowest BCUT2D eigenvalue weighted by atomic mass is 10.3. The van der Waals surface area contributed by atoms with Gasteiger partial charge in [-0.1, -0.05) is 11.6 Å². The van der Waals surface area contributed by atoms with Gasteiger partial charge in [0, 0.05) is 6.07 Å². The van der Waals surface area contributed by atoms with Gasteiger partial charge in [-0.3, -0.25) is 10.1 Å². The number of furan rings is 1. The number of carbonyl (C=O) groups is 1. The average molecular weight is 312 g/mol. The van der Waals surface area contributed by atoms with Crippen LogP contribution in [0.5, 0.6) is 5.75 Å². The van der Waals surface area contributed by atoms with Gasteiger partial charge in [-0.05, 0) is 18.2 Å². The highest BCUT2D eigenvalue weighted by molar-refractivity contribution is 6.32. The minimum atomic E-state index is -0.602. The van der Waals surface area contributed by atoms with Crippen LogP contribution >= 0.6 is 11.6 Å². The first-order valence-electron chi connectivity index (χ1n) is 5.75. The molecule has 0 radical (unpaired) electrons. The van der Waals surface area contributed by atoms with E-state index in [0.717, 1.165) is 0 Å². The largest absolute Gasteiger partial charge is 0.484 e. The van der Waals surface area contributed by atoms with E-state index in [4.69, 9.17) is 20.8 Å². The molecule has 7 nitrogen and oxygen atoms in total. The topological polar surface area (TPSA) is 91.8 Å². The summed E-state index contributed by atoms with van der Waals surface area (Å²) in [6.07, 6.45) is 0. The normalized spacial score (nSPS) is 10.2. The van der Waals surface area contributed by atoms with E-state index < -0.39 is 10.9 Å². The van der Waals surface area contributed by atoms with Crippen LogP contribution in [0.25, 0.3) is 0 Å². The Kier molecular flexibility index (Phi) is 4.44. The molecule has 1 aromatic heterocycles. The van der Waals surface area contributed by atoms with Gasteiger partial charge in [0.1, 0.15) is 18.1 Å². The number of rotatable bonds is 5. The molecule has 1 aromatic carbocycles. The molecule has 1 heterocycles. The van der Waals surface area contributed by atoms with E-state index >= 15 is 0 Å². The van der Waals surface area contributed by atoms with Gasteiger partial charge >= 0.3 is 5.97 Å². The molecule has 2 aromatic rings. The summed E-state index contributed by atoms with van der Waals surface area (Å²) in [7, 11) is 1.24. The summed E-state index contributed by atoms with van der Waals surface area (Å²) >= 11 is 5.89. The lowest BCUT2D eigenvalue weighted by Gasteiger charge is -2.06. The highest BCUT2D eigenvalue weighted by Gasteiger charge is 2.14. The minimum absolute atomic E-state index is 0.0299. The molecule has 21 heavy (non-hydrogen) atoms. The molecular weight excluding hydrogens is 302 g/mol. The predicted molar refractivity (Wildman–Crippen MR) is 72.5 cm³/mol. The van der Waals surface area contributed by atoms with E-state index in [1.165, 1.54) is 37.4 Å². The second kappa shape index (κ2) is 6.27. The van der Waals surface area contributed by atoms with Crippen molar-refractivity contribution >= 4 is 23.3 Å². The van der Waals surface area contributed by atoms with Gasteiger partial charge in [0.25, 0.3) is 5.69 Å². The van der Waals surface area contributed by atoms with Crippen molar-refractivity contribution in [3.8, 4) is 5.75 Å². The average Bonchev–Trinajstić information content (AvgIpc) is 2.94. The maximum atomic E-state index is 11.2. The van der Waals surface area contributed by atoms with E-state index in [-0.39, 0.29) is 28.8 Å². The molecule has 110 valence electrons. The van der Waals surface area contributed by atoms with E-state index in [2.05, 4.69) is 4.74 Å². The smallest absolute Gasteiger partial charge is 0.373 e. The molecule has 0 N–H and O–H groups in total. The standard InChI is InChI=1S/C13H10ClNO6/c1-19-13(16)11-5-3-9(21-11)7-20-12-6-8(15(17)18)2-4-10(12)14/h2-6H,7H2,1H3. The number of ether oxygens (including phenoxy) is 2. The Hall–Kier alpha value is -2.54. The quantitative estimate of drug-likeness (QED) is 0.478. The first-order valence-corrected chi connectivity index (χ1v) is 6.13. The Balaban J connectivity index is 2.09. The maximum Gasteiger partial charge on any atom is 0.373 e. The third kappa shape index (κ3) is 3.51. The molecule has 0 bridgehead atoms. The first kappa shape index (κ1) is 14.9. The van der Waals surface area contributed by atoms with E-state index in [1.54, 1.807) is 0 Å². The first-order chi connectivity index (χ1) is 10.0. The highest BCUT2D eigenvalue weighted by Crippen LogP contribution is 2.29. The van der Waals surface area contributed by atoms with Crippen LogP contribution in [0.15, 0.2) is 34.7 Å². The SMILES string of the molecule is COC(=O)c1ccc(COc2cc([N+](=O)[O-])ccc2Cl)o1. The van der Waals surface area contributed by atoms with Crippen LogP contribution in [0.1, 0.15) is 16.3 Å². The Morgan fingerprint density at radius 3 is 2.81 bits per heavy atom. The van der Waals surface area contributed by atoms with Gasteiger partial charge in [0.2, 0.25) is 5.76 Å². The number of hydrogen-bond donors (Lipinski definition) is 0. The van der Waals surface area contributed by atoms with Gasteiger partial charge < -0.3 is 13.9 Å². The fraction of sp³-hybridized carbons (Fsp3) is 0.154. The molecule has 0 unspecified atom stereocenters. The molecule has 0 saturated carbocycles. The monoisotopic (exact) mass is 311 g/mol. The van der Waals surface area contributed by atoms with Crippen molar-refractivity contribution in [1.82, 2.24) is 0 Å². The van der Waals surface area contributed by atoms with Crippen LogP contribution in [0, 0.1) is 10.1 Å². The number of benzene rings is 1. The highest BCUT2D eigenvalue weighted by atomic mass is 35.5. The lowest BCUT2D eigenvalue weighted by Crippen LogP contribution is -1.99. The summed E-state index contributed by atoms with van der Waals surface area (Å²) in [5.41, 5.74) is -0.135. The second-order valence-corrected chi connectivity index (χ2v) is 4.33. The number of nitrogens with zero attached hydrogens (tertiary/aromatic N) is 1. The fourth-order valence-electron chi connectivity index (χ4n) is 1.53. The summed E-state index contributed by atoms with van der Waals surface area (Å²) in [4.78, 5) is 21.4. The summed E-state index contributed by atoms with van der Waals surface area (Å²) in [6, 6.07) is 6.85. The van der Waals surface area contributed by atoms with Crippen molar-refractivity contribution in [2.75, 3.05) is 7.11 Å². The second-order valence-electron chi connectivity index (χ2n) is 3.92. The zero-order valence-corrected chi connectivity index (χ0v) is 11.6. The number of esters is 1. The van der Waals surface area contributed by atoms with E-state index in [9.17, 15) is 14.9 Å². The van der Waals surface area contributed by atoms with Crippen LogP contribution in [0.2, 0.25) is 5.02 Å². The van der Waals surface area contributed by atoms with Crippen LogP contribution < -0.4 is 4.74 Å². The number of carbonyl (C=O) groups excluding carboxylic acids is 1. The van der Waals surface area contributed by atoms with Crippen molar-refractivity contribution in [3.05, 3.63) is 57.0 Å². The molecule has 0 amide bonds. The van der Waals surface area contributed by atoms with E-state index in [1.807, 2.05) is 0 Å². The van der Waals surface area contributed by atoms with Gasteiger partial charge in [-0.2, -0.15) is 0 Å². The number of halogens is 1. The van der Waals surface area contributed by atoms with Crippen molar-refractivity contribution in [2.45, 2.75) is 6.61 Å². The van der Waals surface area contributed by atoms with Crippen molar-refractivity contribution in [1.29, 1.82) is 0 Å². The third-order valence-corrected chi connectivity index (χ3v) is 2.86. The van der Waals surface area contributed by atoms with Gasteiger partial charge in [-0.25, -0.2) is 4.79 Å². The molecule has 0 atom stereocenters. The Bertz CT molecular complexity index is 681. The van der Waals surface area contributed by atoms with Crippen LogP contribution in [-0.2, 0) is 11.3 Å². The summed E-state index contributed by atoms with van der Waals surface area (Å²) in [6.45, 7) is -0.0299. The van der Waals surface area contributed by atoms with Gasteiger partial charge in [0.05, 0.1) is 23.1 Å². The minimum Gasteiger partial charge on any atom is -0.484 e. The van der Waals surface area contributed by atoms with Crippen molar-refractivity contribution in [2.24, 2.45) is 0 Å². The molecule has 0 saturated heterocycles. The van der Waals surface area contributed by atoms with Crippen LogP contribution in [0.4, 0.5) is 5.69 Å². The lowest BCUT2D eigenvalue weighted by molar-refractivity contribution is -0.384. The maximum absolute atomic E-state index is 11.2. The number of hydrogen-bond acceptors (Lipinski definition) is 6. The third-order valence-electron chi connectivity index (χ3n) is 2.54. The van der Waals surface area contributed by atoms with Crippen molar-refractivity contribution in [3.63, 3.8) is 0 Å². The Morgan fingerprint density at radius 2 is 2.14 bits per heavy atom. The number of non-ortho nitro benzene ring substituents is 1. The van der Waals surface area contributed by atoms with Crippen molar-refractivity contribution < 1.29 is 23.6 Å². The fourth-order valence-corrected chi connectivity index (χ4v) is 1.70. The van der Waals surface area contributed by atoms with Crippen LogP contribution in [-0.4, -0.2) is 18.0 Å². The molecular formula is C13H10ClNO6. The zero-order chi connectivity index (χ0) is 15.4. The van der Waals surface area contributed by atoms with Crippen LogP contribution in [0.3, 0.4) is 0 Å². The zero-order valence-electron chi connectivity index (χ0n) is 10.9. The summed E-state index contributed by atoms with van der Waals surface area (Å²) in [5.74, 6) is -0.0456. The molecule has 0 aliphatic rings. The summed E-state index contributed by atoms with van der Waals surface area (Å²) < 4.78 is 15.1. The van der Waals surface area contributed by atoms with Gasteiger partial charge in [0.15, 0.2) is 0 Å². The Labute approximate surface area is 124 Å².